The van der Waals surface area contributed by atoms with Crippen molar-refractivity contribution in [2.45, 2.75) is 25.2 Å². The second kappa shape index (κ2) is 4.73. The molecule has 132 valence electrons. The van der Waals surface area contributed by atoms with Crippen LogP contribution in [-0.4, -0.2) is 37.0 Å². The molecule has 27 heavy (non-hydrogen) atoms. The third-order valence-electron chi connectivity index (χ3n) is 5.60. The molecule has 0 saturated heterocycles. The molecule has 9 nitrogen and oxygen atoms in total. The van der Waals surface area contributed by atoms with E-state index in [0.717, 1.165) is 41.4 Å². The van der Waals surface area contributed by atoms with Crippen molar-refractivity contribution in [2.24, 2.45) is 4.99 Å². The molecule has 0 spiro atoms. The average molecular weight is 357 g/mol. The Bertz CT molecular complexity index is 1160. The van der Waals surface area contributed by atoms with Crippen LogP contribution < -0.4 is 10.0 Å². The maximum atomic E-state index is 9.49. The molecule has 4 heterocycles. The fourth-order valence-corrected chi connectivity index (χ4v) is 3.94. The van der Waals surface area contributed by atoms with Gasteiger partial charge in [0.2, 0.25) is 6.19 Å². The van der Waals surface area contributed by atoms with Crippen LogP contribution in [0.2, 0.25) is 0 Å². The minimum absolute atomic E-state index is 0.0642. The quantitative estimate of drug-likeness (QED) is 0.695. The number of hydrogen-bond donors (Lipinski definition) is 0. The number of rotatable bonds is 2. The van der Waals surface area contributed by atoms with E-state index in [2.05, 4.69) is 40.5 Å². The first kappa shape index (κ1) is 14.5. The van der Waals surface area contributed by atoms with Gasteiger partial charge in [-0.25, -0.2) is 20.0 Å². The molecule has 1 fully saturated rings. The highest BCUT2D eigenvalue weighted by Crippen LogP contribution is 2.51. The van der Waals surface area contributed by atoms with Gasteiger partial charge in [0.05, 0.1) is 11.9 Å². The lowest BCUT2D eigenvalue weighted by molar-refractivity contribution is 0.680. The van der Waals surface area contributed by atoms with E-state index in [1.807, 2.05) is 32.9 Å². The zero-order valence-corrected chi connectivity index (χ0v) is 14.6. The second-order valence-corrected chi connectivity index (χ2v) is 7.31. The van der Waals surface area contributed by atoms with Crippen LogP contribution in [0.15, 0.2) is 41.8 Å². The van der Waals surface area contributed by atoms with Gasteiger partial charge in [0.25, 0.3) is 0 Å². The Morgan fingerprint density at radius 2 is 2.07 bits per heavy atom. The van der Waals surface area contributed by atoms with Gasteiger partial charge in [-0.05, 0) is 25.0 Å². The number of benzene rings is 1. The highest BCUT2D eigenvalue weighted by Gasteiger charge is 2.48. The number of hydrazine groups is 1. The predicted octanol–water partition coefficient (Wildman–Crippen LogP) is 1.80. The standard InChI is InChI=1S/C18H15N9/c1-18(6-7-18)15-17(22-23-25(15)9-19)26-11-21-16-12-4-2-3-5-13(12)24-10-20-8-14(24)27(16)26/h2-5,8,10H,6-7,11H2,1H3. The zero-order chi connectivity index (χ0) is 18.2. The first-order chi connectivity index (χ1) is 13.2. The molecule has 1 saturated carbocycles. The number of nitriles is 1. The molecule has 9 heteroatoms. The van der Waals surface area contributed by atoms with Gasteiger partial charge in [0.15, 0.2) is 17.5 Å². The molecule has 0 N–H and O–H groups in total. The number of aliphatic imine (C=N–C) groups is 1. The van der Waals surface area contributed by atoms with Crippen molar-refractivity contribution in [1.82, 2.24) is 24.5 Å². The van der Waals surface area contributed by atoms with E-state index in [9.17, 15) is 5.26 Å². The SMILES string of the molecule is CC1(c2c(N3CN=C4c5ccccc5-n5cncc5N43)nnn2C#N)CC1. The molecular formula is C18H15N9. The number of aromatic nitrogens is 5. The summed E-state index contributed by atoms with van der Waals surface area (Å²) in [6.45, 7) is 2.57. The number of para-hydroxylation sites is 1. The largest absolute Gasteiger partial charge is 0.283 e. The topological polar surface area (TPSA) is 91.2 Å². The highest BCUT2D eigenvalue weighted by molar-refractivity contribution is 6.16. The van der Waals surface area contributed by atoms with Crippen molar-refractivity contribution >= 4 is 17.5 Å². The van der Waals surface area contributed by atoms with Gasteiger partial charge < -0.3 is 0 Å². The number of nitrogens with zero attached hydrogens (tertiary/aromatic N) is 9. The van der Waals surface area contributed by atoms with E-state index in [1.54, 1.807) is 6.33 Å². The van der Waals surface area contributed by atoms with Gasteiger partial charge in [-0.1, -0.05) is 24.3 Å². The summed E-state index contributed by atoms with van der Waals surface area (Å²) in [5.41, 5.74) is 2.88. The normalized spacial score (nSPS) is 18.4. The van der Waals surface area contributed by atoms with Crippen LogP contribution in [0, 0.1) is 11.5 Å². The van der Waals surface area contributed by atoms with Crippen molar-refractivity contribution in [2.75, 3.05) is 16.7 Å². The molecular weight excluding hydrogens is 342 g/mol. The van der Waals surface area contributed by atoms with Crippen molar-refractivity contribution in [3.8, 4) is 11.9 Å². The first-order valence-corrected chi connectivity index (χ1v) is 8.82. The summed E-state index contributed by atoms with van der Waals surface area (Å²) >= 11 is 0. The predicted molar refractivity (Wildman–Crippen MR) is 97.5 cm³/mol. The molecule has 3 aliphatic rings. The molecule has 0 amide bonds. The lowest BCUT2D eigenvalue weighted by Crippen LogP contribution is -2.46. The average Bonchev–Trinajstić information content (AvgIpc) is 3.14. The van der Waals surface area contributed by atoms with Crippen molar-refractivity contribution < 1.29 is 0 Å². The van der Waals surface area contributed by atoms with E-state index in [-0.39, 0.29) is 5.41 Å². The van der Waals surface area contributed by atoms with E-state index in [1.165, 1.54) is 4.68 Å². The Hall–Kier alpha value is -3.67. The van der Waals surface area contributed by atoms with E-state index >= 15 is 0 Å². The summed E-state index contributed by atoms with van der Waals surface area (Å²) in [6.07, 6.45) is 7.80. The lowest BCUT2D eigenvalue weighted by Gasteiger charge is -2.34. The highest BCUT2D eigenvalue weighted by atomic mass is 15.7. The number of fused-ring (bicyclic) bond motifs is 6. The maximum absolute atomic E-state index is 9.49. The minimum atomic E-state index is -0.0642. The van der Waals surface area contributed by atoms with Crippen molar-refractivity contribution in [3.63, 3.8) is 0 Å². The van der Waals surface area contributed by atoms with E-state index in [0.29, 0.717) is 12.5 Å². The Kier molecular flexibility index (Phi) is 2.54. The monoisotopic (exact) mass is 357 g/mol. The third-order valence-corrected chi connectivity index (χ3v) is 5.60. The van der Waals surface area contributed by atoms with Crippen LogP contribution in [0.25, 0.3) is 5.69 Å². The van der Waals surface area contributed by atoms with Crippen molar-refractivity contribution in [1.29, 1.82) is 5.26 Å². The summed E-state index contributed by atoms with van der Waals surface area (Å²) < 4.78 is 3.38. The van der Waals surface area contributed by atoms with Crippen LogP contribution in [0.3, 0.4) is 0 Å². The molecule has 0 radical (unpaired) electrons. The Morgan fingerprint density at radius 3 is 2.89 bits per heavy atom. The summed E-state index contributed by atoms with van der Waals surface area (Å²) in [6, 6.07) is 8.14. The summed E-state index contributed by atoms with van der Waals surface area (Å²) in [5.74, 6) is 2.43. The van der Waals surface area contributed by atoms with E-state index in [4.69, 9.17) is 4.99 Å². The molecule has 1 aliphatic carbocycles. The molecule has 0 unspecified atom stereocenters. The second-order valence-electron chi connectivity index (χ2n) is 7.31. The molecule has 0 bridgehead atoms. The first-order valence-electron chi connectivity index (χ1n) is 8.82. The van der Waals surface area contributed by atoms with Gasteiger partial charge in [-0.15, -0.1) is 9.78 Å². The van der Waals surface area contributed by atoms with Gasteiger partial charge in [0, 0.05) is 11.0 Å². The van der Waals surface area contributed by atoms with Gasteiger partial charge >= 0.3 is 0 Å². The lowest BCUT2D eigenvalue weighted by atomic mass is 10.1. The molecule has 3 aromatic rings. The Balaban J connectivity index is 1.54. The van der Waals surface area contributed by atoms with Crippen LogP contribution in [0.5, 0.6) is 0 Å². The number of amidine groups is 1. The number of imidazole rings is 1. The smallest absolute Gasteiger partial charge is 0.208 e. The number of anilines is 2. The summed E-state index contributed by atoms with van der Waals surface area (Å²) in [7, 11) is 0. The third kappa shape index (κ3) is 1.76. The Labute approximate surface area is 154 Å². The molecule has 6 rings (SSSR count). The molecule has 1 aromatic carbocycles. The van der Waals surface area contributed by atoms with Crippen LogP contribution in [0.4, 0.5) is 11.6 Å². The summed E-state index contributed by atoms with van der Waals surface area (Å²) in [5, 5.41) is 21.9. The fourth-order valence-electron chi connectivity index (χ4n) is 3.94. The molecule has 2 aromatic heterocycles. The minimum Gasteiger partial charge on any atom is -0.283 e. The van der Waals surface area contributed by atoms with Gasteiger partial charge in [-0.2, -0.15) is 5.26 Å². The zero-order valence-electron chi connectivity index (χ0n) is 14.6. The molecule has 2 aliphatic heterocycles. The van der Waals surface area contributed by atoms with Gasteiger partial charge in [0.1, 0.15) is 18.7 Å². The maximum Gasteiger partial charge on any atom is 0.208 e. The summed E-state index contributed by atoms with van der Waals surface area (Å²) in [4.78, 5) is 9.12. The van der Waals surface area contributed by atoms with Crippen molar-refractivity contribution in [3.05, 3.63) is 48.0 Å². The van der Waals surface area contributed by atoms with Gasteiger partial charge in [-0.3, -0.25) is 4.57 Å². The van der Waals surface area contributed by atoms with Crippen LogP contribution >= 0.6 is 0 Å². The number of hydrogen-bond acceptors (Lipinski definition) is 7. The molecule has 0 atom stereocenters. The van der Waals surface area contributed by atoms with Crippen LogP contribution in [0.1, 0.15) is 31.0 Å². The van der Waals surface area contributed by atoms with E-state index < -0.39 is 0 Å². The fraction of sp³-hybridized carbons (Fsp3) is 0.278. The Morgan fingerprint density at radius 1 is 1.22 bits per heavy atom. The van der Waals surface area contributed by atoms with Crippen LogP contribution in [-0.2, 0) is 5.41 Å².